The predicted octanol–water partition coefficient (Wildman–Crippen LogP) is 3.17. The molecule has 0 saturated carbocycles. The van der Waals surface area contributed by atoms with Crippen LogP contribution in [-0.2, 0) is 38.3 Å². The van der Waals surface area contributed by atoms with Gasteiger partial charge in [-0.05, 0) is 52.9 Å². The van der Waals surface area contributed by atoms with Crippen molar-refractivity contribution >= 4 is 47.4 Å². The minimum absolute atomic E-state index is 0.143. The van der Waals surface area contributed by atoms with Gasteiger partial charge in [0.15, 0.2) is 0 Å². The second-order valence-corrected chi connectivity index (χ2v) is 12.0. The van der Waals surface area contributed by atoms with E-state index in [9.17, 15) is 48.6 Å². The van der Waals surface area contributed by atoms with Crippen molar-refractivity contribution in [1.29, 1.82) is 0 Å². The number of amides is 2. The molecule has 6 N–H and O–H groups in total. The lowest BCUT2D eigenvalue weighted by Crippen LogP contribution is -2.41. The Morgan fingerprint density at radius 2 is 1.20 bits per heavy atom. The van der Waals surface area contributed by atoms with Gasteiger partial charge in [0.25, 0.3) is 0 Å². The summed E-state index contributed by atoms with van der Waals surface area (Å²) in [4.78, 5) is 94.5. The standard InChI is InChI=1S/C30H48N2O13/c1-30(2,3)45-29(44)31-16-8-6-4-5-7-9-21(33)17-19(23(34)18-20(27(40)41)11-14-25(36)37)10-13-24(35)32-22(28(42)43)12-15-26(38)39/h19-20,22H,4-18H2,1-3H3,(H,31,44)(H,32,35)(H,36,37)(H,38,39)(H,40,41)(H,42,43). The molecule has 45 heavy (non-hydrogen) atoms. The Balaban J connectivity index is 5.03. The molecule has 3 unspecified atom stereocenters. The van der Waals surface area contributed by atoms with Gasteiger partial charge in [-0.1, -0.05) is 19.3 Å². The van der Waals surface area contributed by atoms with E-state index in [1.165, 1.54) is 0 Å². The number of aliphatic carboxylic acids is 4. The summed E-state index contributed by atoms with van der Waals surface area (Å²) >= 11 is 0. The average molecular weight is 645 g/mol. The number of Topliss-reactive ketones (excluding diaryl/α,β-unsaturated/α-hetero) is 2. The third kappa shape index (κ3) is 22.2. The minimum atomic E-state index is -1.47. The molecule has 0 bridgehead atoms. The first-order chi connectivity index (χ1) is 20.9. The van der Waals surface area contributed by atoms with Crippen LogP contribution in [0.25, 0.3) is 0 Å². The topological polar surface area (TPSA) is 251 Å². The van der Waals surface area contributed by atoms with Gasteiger partial charge < -0.3 is 35.8 Å². The Kier molecular flexibility index (Phi) is 19.7. The molecule has 0 aliphatic heterocycles. The molecule has 15 nitrogen and oxygen atoms in total. The highest BCUT2D eigenvalue weighted by Gasteiger charge is 2.29. The normalized spacial score (nSPS) is 13.1. The minimum Gasteiger partial charge on any atom is -0.481 e. The summed E-state index contributed by atoms with van der Waals surface area (Å²) in [7, 11) is 0. The molecule has 0 spiro atoms. The smallest absolute Gasteiger partial charge is 0.407 e. The van der Waals surface area contributed by atoms with E-state index in [-0.39, 0.29) is 44.3 Å². The molecule has 3 atom stereocenters. The van der Waals surface area contributed by atoms with Crippen molar-refractivity contribution in [3.8, 4) is 0 Å². The molecule has 0 aromatic heterocycles. The molecule has 0 aliphatic rings. The molecular weight excluding hydrogens is 596 g/mol. The zero-order chi connectivity index (χ0) is 34.6. The zero-order valence-electron chi connectivity index (χ0n) is 26.3. The summed E-state index contributed by atoms with van der Waals surface area (Å²) in [5.74, 6) is -9.29. The monoisotopic (exact) mass is 644 g/mol. The van der Waals surface area contributed by atoms with Crippen molar-refractivity contribution in [2.24, 2.45) is 11.8 Å². The van der Waals surface area contributed by atoms with Crippen molar-refractivity contribution in [2.75, 3.05) is 6.54 Å². The van der Waals surface area contributed by atoms with Crippen molar-refractivity contribution in [1.82, 2.24) is 10.6 Å². The third-order valence-electron chi connectivity index (χ3n) is 6.73. The highest BCUT2D eigenvalue weighted by atomic mass is 16.6. The van der Waals surface area contributed by atoms with E-state index < -0.39 is 84.4 Å². The van der Waals surface area contributed by atoms with Crippen molar-refractivity contribution in [3.05, 3.63) is 0 Å². The number of hydrogen-bond donors (Lipinski definition) is 6. The van der Waals surface area contributed by atoms with Crippen LogP contribution in [0, 0.1) is 11.8 Å². The van der Waals surface area contributed by atoms with Crippen molar-refractivity contribution in [3.63, 3.8) is 0 Å². The maximum Gasteiger partial charge on any atom is 0.407 e. The third-order valence-corrected chi connectivity index (χ3v) is 6.73. The van der Waals surface area contributed by atoms with Crippen LogP contribution >= 0.6 is 0 Å². The summed E-state index contributed by atoms with van der Waals surface area (Å²) in [5.41, 5.74) is -0.586. The molecule has 256 valence electrons. The zero-order valence-corrected chi connectivity index (χ0v) is 26.3. The number of alkyl carbamates (subject to hydrolysis) is 1. The number of rotatable bonds is 25. The van der Waals surface area contributed by atoms with Crippen LogP contribution in [0.15, 0.2) is 0 Å². The maximum atomic E-state index is 13.1. The number of ketones is 2. The summed E-state index contributed by atoms with van der Waals surface area (Å²) < 4.78 is 5.16. The number of carboxylic acids is 4. The van der Waals surface area contributed by atoms with Gasteiger partial charge in [-0.2, -0.15) is 0 Å². The van der Waals surface area contributed by atoms with Crippen LogP contribution in [0.5, 0.6) is 0 Å². The number of carbonyl (C=O) groups excluding carboxylic acids is 4. The van der Waals surface area contributed by atoms with Gasteiger partial charge in [0.05, 0.1) is 5.92 Å². The van der Waals surface area contributed by atoms with Crippen molar-refractivity contribution in [2.45, 2.75) is 122 Å². The fourth-order valence-electron chi connectivity index (χ4n) is 4.35. The molecule has 0 heterocycles. The quantitative estimate of drug-likeness (QED) is 0.0782. The Morgan fingerprint density at radius 3 is 1.76 bits per heavy atom. The van der Waals surface area contributed by atoms with E-state index in [2.05, 4.69) is 10.6 Å². The van der Waals surface area contributed by atoms with Crippen LogP contribution < -0.4 is 10.6 Å². The Bertz CT molecular complexity index is 1040. The molecule has 0 fully saturated rings. The number of carboxylic acid groups (broad SMARTS) is 4. The van der Waals surface area contributed by atoms with Crippen LogP contribution in [0.4, 0.5) is 4.79 Å². The number of hydrogen-bond acceptors (Lipinski definition) is 9. The SMILES string of the molecule is CC(C)(C)OC(=O)NCCCCCCCC(=O)CC(CCC(=O)NC(CCC(=O)O)C(=O)O)C(=O)CC(CCC(=O)O)C(=O)O. The first-order valence-corrected chi connectivity index (χ1v) is 15.1. The lowest BCUT2D eigenvalue weighted by atomic mass is 9.85. The Labute approximate surface area is 262 Å². The second-order valence-electron chi connectivity index (χ2n) is 12.0. The van der Waals surface area contributed by atoms with E-state index in [1.54, 1.807) is 20.8 Å². The molecule has 0 aromatic rings. The van der Waals surface area contributed by atoms with Gasteiger partial charge in [0.1, 0.15) is 23.2 Å². The first-order valence-electron chi connectivity index (χ1n) is 15.1. The predicted molar refractivity (Wildman–Crippen MR) is 158 cm³/mol. The summed E-state index contributed by atoms with van der Waals surface area (Å²) in [6.07, 6.45) is 0.227. The van der Waals surface area contributed by atoms with Crippen LogP contribution in [0.2, 0.25) is 0 Å². The maximum absolute atomic E-state index is 13.1. The molecular formula is C30H48N2O13. The van der Waals surface area contributed by atoms with E-state index in [4.69, 9.17) is 14.9 Å². The lowest BCUT2D eigenvalue weighted by Gasteiger charge is -2.19. The van der Waals surface area contributed by atoms with Gasteiger partial charge in [0.2, 0.25) is 5.91 Å². The van der Waals surface area contributed by atoms with E-state index >= 15 is 0 Å². The summed E-state index contributed by atoms with van der Waals surface area (Å²) in [5, 5.41) is 41.3. The number of ether oxygens (including phenoxy) is 1. The van der Waals surface area contributed by atoms with Crippen LogP contribution in [-0.4, -0.2) is 86.1 Å². The van der Waals surface area contributed by atoms with Gasteiger partial charge in [-0.15, -0.1) is 0 Å². The van der Waals surface area contributed by atoms with Gasteiger partial charge in [-0.3, -0.25) is 28.8 Å². The van der Waals surface area contributed by atoms with Gasteiger partial charge in [0, 0.05) is 51.0 Å². The van der Waals surface area contributed by atoms with E-state index in [0.29, 0.717) is 19.4 Å². The molecule has 0 aromatic carbocycles. The fourth-order valence-corrected chi connectivity index (χ4v) is 4.35. The number of nitrogens with one attached hydrogen (secondary N) is 2. The van der Waals surface area contributed by atoms with Crippen molar-refractivity contribution < 1.29 is 63.5 Å². The first kappa shape index (κ1) is 41.0. The highest BCUT2D eigenvalue weighted by molar-refractivity contribution is 5.91. The average Bonchev–Trinajstić information content (AvgIpc) is 2.90. The second kappa shape index (κ2) is 21.6. The molecule has 2 amide bonds. The van der Waals surface area contributed by atoms with Gasteiger partial charge in [-0.25, -0.2) is 9.59 Å². The van der Waals surface area contributed by atoms with Crippen LogP contribution in [0.3, 0.4) is 0 Å². The molecule has 15 heteroatoms. The molecule has 0 saturated heterocycles. The van der Waals surface area contributed by atoms with E-state index in [0.717, 1.165) is 19.3 Å². The molecule has 0 radical (unpaired) electrons. The molecule has 0 aliphatic carbocycles. The van der Waals surface area contributed by atoms with Gasteiger partial charge >= 0.3 is 30.0 Å². The fraction of sp³-hybridized carbons (Fsp3) is 0.733. The highest BCUT2D eigenvalue weighted by Crippen LogP contribution is 2.22. The molecule has 0 rings (SSSR count). The lowest BCUT2D eigenvalue weighted by molar-refractivity contribution is -0.145. The number of unbranched alkanes of at least 4 members (excludes halogenated alkanes) is 4. The largest absolute Gasteiger partial charge is 0.481 e. The van der Waals surface area contributed by atoms with Crippen LogP contribution in [0.1, 0.15) is 111 Å². The summed E-state index contributed by atoms with van der Waals surface area (Å²) in [6.45, 7) is 5.74. The Hall–Kier alpha value is -4.04. The summed E-state index contributed by atoms with van der Waals surface area (Å²) in [6, 6.07) is -1.47. The Morgan fingerprint density at radius 1 is 0.644 bits per heavy atom. The van der Waals surface area contributed by atoms with E-state index in [1.807, 2.05) is 0 Å². The number of carbonyl (C=O) groups is 8.